The van der Waals surface area contributed by atoms with E-state index >= 15 is 0 Å². The number of rotatable bonds is 7. The van der Waals surface area contributed by atoms with Crippen LogP contribution in [-0.2, 0) is 14.8 Å². The number of carbonyl (C=O) groups excluding carboxylic acids is 2. The van der Waals surface area contributed by atoms with Crippen molar-refractivity contribution in [2.45, 2.75) is 31.6 Å². The molecule has 0 unspecified atom stereocenters. The van der Waals surface area contributed by atoms with E-state index in [9.17, 15) is 18.0 Å². The first kappa shape index (κ1) is 23.3. The molecule has 1 saturated heterocycles. The van der Waals surface area contributed by atoms with Crippen LogP contribution in [0.15, 0.2) is 47.4 Å². The summed E-state index contributed by atoms with van der Waals surface area (Å²) in [6, 6.07) is 11.6. The number of ether oxygens (including phenoxy) is 1. The van der Waals surface area contributed by atoms with Crippen molar-refractivity contribution in [2.24, 2.45) is 5.92 Å². The quantitative estimate of drug-likeness (QED) is 0.506. The highest BCUT2D eigenvalue weighted by Gasteiger charge is 2.32. The fourth-order valence-electron chi connectivity index (χ4n) is 3.79. The summed E-state index contributed by atoms with van der Waals surface area (Å²) in [5.41, 5.74) is 1.25. The standard InChI is InChI=1S/C23H25N3O5S2/c1-3-31-18-6-9-20-21(14-18)32-23(24-20)25-22(28)17-10-12-26(13-11-17)33(29,30)19-7-4-16(5-8-19)15(2)27/h4-9,14,17H,3,10-13H2,1-2H3,(H,24,25,28). The number of hydrogen-bond donors (Lipinski definition) is 1. The molecule has 2 heterocycles. The largest absolute Gasteiger partial charge is 0.494 e. The Kier molecular flexibility index (Phi) is 6.78. The van der Waals surface area contributed by atoms with E-state index in [-0.39, 0.29) is 35.6 Å². The molecule has 174 valence electrons. The molecule has 1 amide bonds. The van der Waals surface area contributed by atoms with Gasteiger partial charge in [-0.1, -0.05) is 23.5 Å². The molecule has 3 aromatic rings. The second-order valence-electron chi connectivity index (χ2n) is 7.83. The molecule has 0 atom stereocenters. The fraction of sp³-hybridized carbons (Fsp3) is 0.348. The van der Waals surface area contributed by atoms with E-state index in [0.29, 0.717) is 30.1 Å². The van der Waals surface area contributed by atoms with Gasteiger partial charge in [0.15, 0.2) is 10.9 Å². The predicted octanol–water partition coefficient (Wildman–Crippen LogP) is 3.94. The first-order chi connectivity index (χ1) is 15.8. The Hall–Kier alpha value is -2.82. The number of Topliss-reactive ketones (excluding diaryl/α,β-unsaturated/α-hetero) is 1. The Balaban J connectivity index is 1.37. The molecule has 0 bridgehead atoms. The van der Waals surface area contributed by atoms with Gasteiger partial charge in [-0.2, -0.15) is 4.31 Å². The molecule has 1 aromatic heterocycles. The van der Waals surface area contributed by atoms with Crippen LogP contribution in [0.25, 0.3) is 10.2 Å². The zero-order chi connectivity index (χ0) is 23.6. The average molecular weight is 488 g/mol. The lowest BCUT2D eigenvalue weighted by molar-refractivity contribution is -0.120. The first-order valence-electron chi connectivity index (χ1n) is 10.7. The lowest BCUT2D eigenvalue weighted by atomic mass is 9.97. The van der Waals surface area contributed by atoms with Crippen LogP contribution in [0.4, 0.5) is 5.13 Å². The molecule has 2 aromatic carbocycles. The summed E-state index contributed by atoms with van der Waals surface area (Å²) in [4.78, 5) is 28.8. The van der Waals surface area contributed by atoms with Crippen LogP contribution >= 0.6 is 11.3 Å². The van der Waals surface area contributed by atoms with E-state index < -0.39 is 10.0 Å². The van der Waals surface area contributed by atoms with Crippen molar-refractivity contribution in [3.63, 3.8) is 0 Å². The number of fused-ring (bicyclic) bond motifs is 1. The summed E-state index contributed by atoms with van der Waals surface area (Å²) >= 11 is 1.38. The maximum Gasteiger partial charge on any atom is 0.243 e. The number of aromatic nitrogens is 1. The molecule has 1 aliphatic rings. The molecule has 0 radical (unpaired) electrons. The predicted molar refractivity (Wildman–Crippen MR) is 127 cm³/mol. The highest BCUT2D eigenvalue weighted by molar-refractivity contribution is 7.89. The molecule has 33 heavy (non-hydrogen) atoms. The molecule has 1 fully saturated rings. The van der Waals surface area contributed by atoms with Crippen LogP contribution in [0.2, 0.25) is 0 Å². The third kappa shape index (κ3) is 5.07. The van der Waals surface area contributed by atoms with Crippen LogP contribution in [0.3, 0.4) is 0 Å². The second-order valence-corrected chi connectivity index (χ2v) is 10.8. The van der Waals surface area contributed by atoms with Crippen LogP contribution < -0.4 is 10.1 Å². The summed E-state index contributed by atoms with van der Waals surface area (Å²) in [5.74, 6) is 0.203. The van der Waals surface area contributed by atoms with Crippen molar-refractivity contribution < 1.29 is 22.7 Å². The van der Waals surface area contributed by atoms with E-state index in [0.717, 1.165) is 16.0 Å². The summed E-state index contributed by atoms with van der Waals surface area (Å²) in [6.45, 7) is 4.44. The van der Waals surface area contributed by atoms with Gasteiger partial charge in [0.25, 0.3) is 0 Å². The number of nitrogens with one attached hydrogen (secondary N) is 1. The number of anilines is 1. The van der Waals surface area contributed by atoms with Gasteiger partial charge < -0.3 is 10.1 Å². The van der Waals surface area contributed by atoms with E-state index in [4.69, 9.17) is 4.74 Å². The number of sulfonamides is 1. The van der Waals surface area contributed by atoms with E-state index in [1.54, 1.807) is 0 Å². The Morgan fingerprint density at radius 2 is 1.85 bits per heavy atom. The number of ketones is 1. The minimum Gasteiger partial charge on any atom is -0.494 e. The summed E-state index contributed by atoms with van der Waals surface area (Å²) in [6.07, 6.45) is 0.853. The van der Waals surface area contributed by atoms with Gasteiger partial charge in [0.1, 0.15) is 5.75 Å². The van der Waals surface area contributed by atoms with Gasteiger partial charge in [-0.05, 0) is 57.0 Å². The third-order valence-corrected chi connectivity index (χ3v) is 8.47. The van der Waals surface area contributed by atoms with Crippen LogP contribution in [0, 0.1) is 5.92 Å². The first-order valence-corrected chi connectivity index (χ1v) is 13.0. The monoisotopic (exact) mass is 487 g/mol. The molecule has 1 N–H and O–H groups in total. The van der Waals surface area contributed by atoms with E-state index in [2.05, 4.69) is 10.3 Å². The van der Waals surface area contributed by atoms with Crippen molar-refractivity contribution in [1.29, 1.82) is 0 Å². The zero-order valence-corrected chi connectivity index (χ0v) is 20.0. The molecule has 0 aliphatic carbocycles. The minimum absolute atomic E-state index is 0.117. The SMILES string of the molecule is CCOc1ccc2nc(NC(=O)C3CCN(S(=O)(=O)c4ccc(C(C)=O)cc4)CC3)sc2c1. The van der Waals surface area contributed by atoms with Gasteiger partial charge in [0.05, 0.1) is 21.7 Å². The molecule has 8 nitrogen and oxygen atoms in total. The summed E-state index contributed by atoms with van der Waals surface area (Å²) in [5, 5.41) is 3.40. The second kappa shape index (κ2) is 9.58. The highest BCUT2D eigenvalue weighted by Crippen LogP contribution is 2.31. The fourth-order valence-corrected chi connectivity index (χ4v) is 6.16. The van der Waals surface area contributed by atoms with Crippen LogP contribution in [0.1, 0.15) is 37.0 Å². The van der Waals surface area contributed by atoms with Crippen molar-refractivity contribution in [2.75, 3.05) is 25.0 Å². The molecule has 10 heteroatoms. The molecule has 1 aliphatic heterocycles. The maximum absolute atomic E-state index is 12.9. The Morgan fingerprint density at radius 1 is 1.15 bits per heavy atom. The minimum atomic E-state index is -3.67. The van der Waals surface area contributed by atoms with Gasteiger partial charge in [0.2, 0.25) is 15.9 Å². The highest BCUT2D eigenvalue weighted by atomic mass is 32.2. The van der Waals surface area contributed by atoms with E-state index in [1.165, 1.54) is 46.8 Å². The summed E-state index contributed by atoms with van der Waals surface area (Å²) in [7, 11) is -3.67. The Morgan fingerprint density at radius 3 is 2.48 bits per heavy atom. The van der Waals surface area contributed by atoms with Crippen molar-refractivity contribution in [1.82, 2.24) is 9.29 Å². The van der Waals surface area contributed by atoms with Crippen molar-refractivity contribution in [3.8, 4) is 5.75 Å². The van der Waals surface area contributed by atoms with Gasteiger partial charge in [-0.25, -0.2) is 13.4 Å². The average Bonchev–Trinajstić information content (AvgIpc) is 3.21. The lowest BCUT2D eigenvalue weighted by Crippen LogP contribution is -2.41. The third-order valence-electron chi connectivity index (χ3n) is 5.62. The smallest absolute Gasteiger partial charge is 0.243 e. The number of hydrogen-bond acceptors (Lipinski definition) is 7. The van der Waals surface area contributed by atoms with Gasteiger partial charge in [0, 0.05) is 24.6 Å². The maximum atomic E-state index is 12.9. The topological polar surface area (TPSA) is 106 Å². The van der Waals surface area contributed by atoms with Crippen LogP contribution in [-0.4, -0.2) is 49.1 Å². The number of nitrogens with zero attached hydrogens (tertiary/aromatic N) is 2. The molecule has 0 spiro atoms. The number of thiazole rings is 1. The summed E-state index contributed by atoms with van der Waals surface area (Å²) < 4.78 is 33.7. The Labute approximate surface area is 196 Å². The van der Waals surface area contributed by atoms with Crippen LogP contribution in [0.5, 0.6) is 5.75 Å². The normalized spacial score (nSPS) is 15.5. The number of piperidine rings is 1. The molecular formula is C23H25N3O5S2. The number of carbonyl (C=O) groups is 2. The van der Waals surface area contributed by atoms with Gasteiger partial charge in [-0.3, -0.25) is 9.59 Å². The number of amides is 1. The van der Waals surface area contributed by atoms with Gasteiger partial charge in [-0.15, -0.1) is 0 Å². The van der Waals surface area contributed by atoms with Crippen molar-refractivity contribution >= 4 is 48.4 Å². The zero-order valence-electron chi connectivity index (χ0n) is 18.4. The molecule has 4 rings (SSSR count). The molecular weight excluding hydrogens is 462 g/mol. The van der Waals surface area contributed by atoms with E-state index in [1.807, 2.05) is 25.1 Å². The van der Waals surface area contributed by atoms with Crippen molar-refractivity contribution in [3.05, 3.63) is 48.0 Å². The Bertz CT molecular complexity index is 1280. The molecule has 0 saturated carbocycles. The van der Waals surface area contributed by atoms with Gasteiger partial charge >= 0.3 is 0 Å². The number of benzene rings is 2. The lowest BCUT2D eigenvalue weighted by Gasteiger charge is -2.30.